The van der Waals surface area contributed by atoms with Gasteiger partial charge in [0.25, 0.3) is 0 Å². The second-order valence-corrected chi connectivity index (χ2v) is 2.80. The van der Waals surface area contributed by atoms with Crippen LogP contribution in [0, 0.1) is 0 Å². The molecule has 0 saturated carbocycles. The van der Waals surface area contributed by atoms with Gasteiger partial charge in [0.15, 0.2) is 0 Å². The smallest absolute Gasteiger partial charge is 0.0445 e. The average Bonchev–Trinajstić information content (AvgIpc) is 2.05. The van der Waals surface area contributed by atoms with E-state index in [0.717, 1.165) is 25.9 Å². The van der Waals surface area contributed by atoms with Crippen LogP contribution in [-0.2, 0) is 0 Å². The molecule has 0 fully saturated rings. The molecule has 0 heterocycles. The Morgan fingerprint density at radius 3 is 2.00 bits per heavy atom. The van der Waals surface area contributed by atoms with Crippen molar-refractivity contribution in [2.24, 2.45) is 0 Å². The highest BCUT2D eigenvalue weighted by atomic mass is 16.3. The zero-order valence-electron chi connectivity index (χ0n) is 8.01. The number of aliphatic hydroxyl groups excluding tert-OH is 1. The summed E-state index contributed by atoms with van der Waals surface area (Å²) in [4.78, 5) is 2.40. The van der Waals surface area contributed by atoms with Crippen molar-refractivity contribution in [3.05, 3.63) is 0 Å². The van der Waals surface area contributed by atoms with E-state index >= 15 is 0 Å². The summed E-state index contributed by atoms with van der Waals surface area (Å²) < 4.78 is 0. The second-order valence-electron chi connectivity index (χ2n) is 2.80. The molecule has 1 atom stereocenters. The van der Waals surface area contributed by atoms with Crippen molar-refractivity contribution in [1.82, 2.24) is 4.90 Å². The SMILES string of the molecule is CCC(CCO)N(CC)CC. The van der Waals surface area contributed by atoms with Crippen molar-refractivity contribution in [2.75, 3.05) is 19.7 Å². The van der Waals surface area contributed by atoms with Crippen molar-refractivity contribution >= 4 is 0 Å². The fraction of sp³-hybridized carbons (Fsp3) is 1.00. The van der Waals surface area contributed by atoms with Crippen LogP contribution >= 0.6 is 0 Å². The first-order valence-electron chi connectivity index (χ1n) is 4.64. The molecule has 68 valence electrons. The lowest BCUT2D eigenvalue weighted by Gasteiger charge is -2.27. The number of hydrogen-bond donors (Lipinski definition) is 1. The van der Waals surface area contributed by atoms with E-state index in [4.69, 9.17) is 5.11 Å². The van der Waals surface area contributed by atoms with Gasteiger partial charge in [-0.2, -0.15) is 0 Å². The van der Waals surface area contributed by atoms with Gasteiger partial charge in [-0.05, 0) is 25.9 Å². The molecule has 0 saturated heterocycles. The normalized spacial score (nSPS) is 13.9. The van der Waals surface area contributed by atoms with E-state index in [0.29, 0.717) is 12.6 Å². The van der Waals surface area contributed by atoms with E-state index in [1.807, 2.05) is 0 Å². The van der Waals surface area contributed by atoms with Crippen LogP contribution in [0.25, 0.3) is 0 Å². The number of hydrogen-bond acceptors (Lipinski definition) is 2. The molecule has 0 radical (unpaired) electrons. The molecule has 0 rings (SSSR count). The van der Waals surface area contributed by atoms with E-state index in [-0.39, 0.29) is 0 Å². The summed E-state index contributed by atoms with van der Waals surface area (Å²) >= 11 is 0. The maximum Gasteiger partial charge on any atom is 0.0445 e. The number of nitrogens with zero attached hydrogens (tertiary/aromatic N) is 1. The Balaban J connectivity index is 3.76. The summed E-state index contributed by atoms with van der Waals surface area (Å²) in [5.41, 5.74) is 0. The van der Waals surface area contributed by atoms with E-state index in [1.54, 1.807) is 0 Å². The number of aliphatic hydroxyl groups is 1. The van der Waals surface area contributed by atoms with Crippen LogP contribution in [0.3, 0.4) is 0 Å². The molecule has 0 spiro atoms. The Morgan fingerprint density at radius 1 is 1.18 bits per heavy atom. The Hall–Kier alpha value is -0.0800. The van der Waals surface area contributed by atoms with Gasteiger partial charge in [-0.1, -0.05) is 20.8 Å². The molecule has 0 aromatic rings. The third kappa shape index (κ3) is 3.73. The predicted molar refractivity (Wildman–Crippen MR) is 48.7 cm³/mol. The van der Waals surface area contributed by atoms with Gasteiger partial charge < -0.3 is 10.0 Å². The Kier molecular flexibility index (Phi) is 6.57. The highest BCUT2D eigenvalue weighted by Gasteiger charge is 2.11. The molecular weight excluding hydrogens is 138 g/mol. The molecule has 0 aliphatic heterocycles. The summed E-state index contributed by atoms with van der Waals surface area (Å²) in [7, 11) is 0. The van der Waals surface area contributed by atoms with Crippen LogP contribution in [0.5, 0.6) is 0 Å². The highest BCUT2D eigenvalue weighted by Crippen LogP contribution is 2.06. The Bertz CT molecular complexity index is 81.6. The summed E-state index contributed by atoms with van der Waals surface area (Å²) in [6, 6.07) is 0.579. The van der Waals surface area contributed by atoms with E-state index in [2.05, 4.69) is 25.7 Å². The third-order valence-electron chi connectivity index (χ3n) is 2.26. The van der Waals surface area contributed by atoms with Gasteiger partial charge in [0.2, 0.25) is 0 Å². The predicted octanol–water partition coefficient (Wildman–Crippen LogP) is 1.49. The number of rotatable bonds is 6. The lowest BCUT2D eigenvalue weighted by Crippen LogP contribution is -2.35. The molecule has 1 unspecified atom stereocenters. The first-order valence-corrected chi connectivity index (χ1v) is 4.64. The van der Waals surface area contributed by atoms with Gasteiger partial charge in [0.05, 0.1) is 0 Å². The van der Waals surface area contributed by atoms with Gasteiger partial charge in [0.1, 0.15) is 0 Å². The van der Waals surface area contributed by atoms with Gasteiger partial charge in [0, 0.05) is 12.6 Å². The Labute approximate surface area is 70.2 Å². The zero-order chi connectivity index (χ0) is 8.69. The first-order chi connectivity index (χ1) is 5.29. The second kappa shape index (κ2) is 6.62. The fourth-order valence-corrected chi connectivity index (χ4v) is 1.53. The van der Waals surface area contributed by atoms with Crippen molar-refractivity contribution in [3.63, 3.8) is 0 Å². The molecule has 1 N–H and O–H groups in total. The summed E-state index contributed by atoms with van der Waals surface area (Å²) in [5, 5.41) is 8.78. The molecule has 0 amide bonds. The van der Waals surface area contributed by atoms with Crippen molar-refractivity contribution in [1.29, 1.82) is 0 Å². The molecule has 0 aromatic heterocycles. The van der Waals surface area contributed by atoms with E-state index < -0.39 is 0 Å². The zero-order valence-corrected chi connectivity index (χ0v) is 8.01. The lowest BCUT2D eigenvalue weighted by atomic mass is 10.1. The minimum Gasteiger partial charge on any atom is -0.396 e. The third-order valence-corrected chi connectivity index (χ3v) is 2.26. The van der Waals surface area contributed by atoms with Gasteiger partial charge in [-0.15, -0.1) is 0 Å². The molecule has 0 bridgehead atoms. The van der Waals surface area contributed by atoms with Crippen LogP contribution < -0.4 is 0 Å². The first kappa shape index (κ1) is 10.9. The highest BCUT2D eigenvalue weighted by molar-refractivity contribution is 4.67. The van der Waals surface area contributed by atoms with Crippen molar-refractivity contribution in [2.45, 2.75) is 39.7 Å². The summed E-state index contributed by atoms with van der Waals surface area (Å²) in [6.45, 7) is 9.02. The maximum atomic E-state index is 8.78. The molecule has 2 nitrogen and oxygen atoms in total. The lowest BCUT2D eigenvalue weighted by molar-refractivity contribution is 0.165. The van der Waals surface area contributed by atoms with Crippen LogP contribution in [0.15, 0.2) is 0 Å². The van der Waals surface area contributed by atoms with Crippen LogP contribution in [0.1, 0.15) is 33.6 Å². The topological polar surface area (TPSA) is 23.5 Å². The van der Waals surface area contributed by atoms with E-state index in [9.17, 15) is 0 Å². The quantitative estimate of drug-likeness (QED) is 0.634. The largest absolute Gasteiger partial charge is 0.396 e. The maximum absolute atomic E-state index is 8.78. The van der Waals surface area contributed by atoms with Crippen LogP contribution in [0.2, 0.25) is 0 Å². The molecule has 2 heteroatoms. The monoisotopic (exact) mass is 159 g/mol. The average molecular weight is 159 g/mol. The minimum absolute atomic E-state index is 0.314. The van der Waals surface area contributed by atoms with Gasteiger partial charge in [-0.25, -0.2) is 0 Å². The molecule has 0 aliphatic rings. The molecule has 0 aromatic carbocycles. The van der Waals surface area contributed by atoms with Crippen molar-refractivity contribution < 1.29 is 5.11 Å². The molecule has 11 heavy (non-hydrogen) atoms. The van der Waals surface area contributed by atoms with Crippen LogP contribution in [-0.4, -0.2) is 35.7 Å². The summed E-state index contributed by atoms with van der Waals surface area (Å²) in [5.74, 6) is 0. The molecule has 0 aliphatic carbocycles. The van der Waals surface area contributed by atoms with Gasteiger partial charge >= 0.3 is 0 Å². The minimum atomic E-state index is 0.314. The molecular formula is C9H21NO. The fourth-order valence-electron chi connectivity index (χ4n) is 1.53. The van der Waals surface area contributed by atoms with Crippen LogP contribution in [0.4, 0.5) is 0 Å². The van der Waals surface area contributed by atoms with Crippen molar-refractivity contribution in [3.8, 4) is 0 Å². The van der Waals surface area contributed by atoms with Gasteiger partial charge in [-0.3, -0.25) is 0 Å². The standard InChI is InChI=1S/C9H21NO/c1-4-9(7-8-11)10(5-2)6-3/h9,11H,4-8H2,1-3H3. The Morgan fingerprint density at radius 2 is 1.73 bits per heavy atom. The van der Waals surface area contributed by atoms with E-state index in [1.165, 1.54) is 0 Å². The summed E-state index contributed by atoms with van der Waals surface area (Å²) in [6.07, 6.45) is 2.06.